The maximum absolute atomic E-state index is 13.1. The molecule has 1 fully saturated rings. The van der Waals surface area contributed by atoms with Crippen LogP contribution in [0.1, 0.15) is 5.56 Å². The molecular weight excluding hydrogens is 363 g/mol. The van der Waals surface area contributed by atoms with Crippen LogP contribution < -0.4 is 15.0 Å². The normalized spacial score (nSPS) is 16.0. The number of rotatable bonds is 3. The minimum absolute atomic E-state index is 0.130. The molecule has 132 valence electrons. The van der Waals surface area contributed by atoms with Crippen LogP contribution in [0.3, 0.4) is 0 Å². The molecule has 0 bridgehead atoms. The summed E-state index contributed by atoms with van der Waals surface area (Å²) in [5.74, 6) is -1.81. The number of imide groups is 2. The van der Waals surface area contributed by atoms with Crippen molar-refractivity contribution in [3.63, 3.8) is 0 Å². The van der Waals surface area contributed by atoms with E-state index in [0.717, 1.165) is 17.0 Å². The van der Waals surface area contributed by atoms with Crippen LogP contribution in [0.2, 0.25) is 5.02 Å². The van der Waals surface area contributed by atoms with E-state index in [2.05, 4.69) is 5.32 Å². The number of benzene rings is 2. The number of halogens is 2. The van der Waals surface area contributed by atoms with Gasteiger partial charge in [-0.15, -0.1) is 0 Å². The second-order valence-corrected chi connectivity index (χ2v) is 5.76. The molecule has 1 aliphatic rings. The quantitative estimate of drug-likeness (QED) is 0.661. The zero-order valence-electron chi connectivity index (χ0n) is 13.5. The summed E-state index contributed by atoms with van der Waals surface area (Å²) < 4.78 is 18.3. The van der Waals surface area contributed by atoms with E-state index >= 15 is 0 Å². The first-order valence-electron chi connectivity index (χ1n) is 7.41. The maximum atomic E-state index is 13.1. The number of barbiturate groups is 1. The van der Waals surface area contributed by atoms with E-state index < -0.39 is 23.7 Å². The van der Waals surface area contributed by atoms with E-state index in [1.54, 1.807) is 12.1 Å². The molecule has 6 nitrogen and oxygen atoms in total. The fraction of sp³-hybridized carbons (Fsp3) is 0.0556. The first-order chi connectivity index (χ1) is 12.4. The van der Waals surface area contributed by atoms with Gasteiger partial charge in [0.25, 0.3) is 11.8 Å². The van der Waals surface area contributed by atoms with Gasteiger partial charge in [-0.1, -0.05) is 11.6 Å². The third-order valence-corrected chi connectivity index (χ3v) is 3.91. The van der Waals surface area contributed by atoms with Crippen molar-refractivity contribution in [3.05, 3.63) is 64.4 Å². The highest BCUT2D eigenvalue weighted by Crippen LogP contribution is 2.27. The number of carbonyl (C=O) groups excluding carboxylic acids is 3. The predicted octanol–water partition coefficient (Wildman–Crippen LogP) is 3.15. The van der Waals surface area contributed by atoms with Crippen molar-refractivity contribution in [1.29, 1.82) is 0 Å². The minimum Gasteiger partial charge on any atom is -0.496 e. The summed E-state index contributed by atoms with van der Waals surface area (Å²) in [5, 5.41) is 2.47. The minimum atomic E-state index is -0.915. The lowest BCUT2D eigenvalue weighted by Crippen LogP contribution is -2.54. The number of amides is 4. The van der Waals surface area contributed by atoms with Gasteiger partial charge in [0, 0.05) is 10.6 Å². The molecule has 0 radical (unpaired) electrons. The van der Waals surface area contributed by atoms with Crippen molar-refractivity contribution in [2.24, 2.45) is 0 Å². The lowest BCUT2D eigenvalue weighted by atomic mass is 10.1. The molecule has 0 aliphatic carbocycles. The average Bonchev–Trinajstić information content (AvgIpc) is 2.60. The number of anilines is 1. The Morgan fingerprint density at radius 2 is 1.81 bits per heavy atom. The monoisotopic (exact) mass is 374 g/mol. The van der Waals surface area contributed by atoms with Gasteiger partial charge in [0.1, 0.15) is 17.1 Å². The Morgan fingerprint density at radius 1 is 1.12 bits per heavy atom. The molecule has 0 aromatic heterocycles. The highest BCUT2D eigenvalue weighted by molar-refractivity contribution is 6.39. The van der Waals surface area contributed by atoms with Crippen molar-refractivity contribution < 1.29 is 23.5 Å². The number of hydrogen-bond acceptors (Lipinski definition) is 4. The average molecular weight is 375 g/mol. The maximum Gasteiger partial charge on any atom is 0.335 e. The lowest BCUT2D eigenvalue weighted by Gasteiger charge is -2.26. The van der Waals surface area contributed by atoms with Gasteiger partial charge in [0.15, 0.2) is 0 Å². The Bertz CT molecular complexity index is 941. The van der Waals surface area contributed by atoms with Gasteiger partial charge in [-0.3, -0.25) is 14.9 Å². The molecule has 0 spiro atoms. The second-order valence-electron chi connectivity index (χ2n) is 5.32. The van der Waals surface area contributed by atoms with Crippen molar-refractivity contribution >= 4 is 41.2 Å². The van der Waals surface area contributed by atoms with Gasteiger partial charge in [-0.2, -0.15) is 0 Å². The Balaban J connectivity index is 2.06. The summed E-state index contributed by atoms with van der Waals surface area (Å²) in [7, 11) is 1.43. The van der Waals surface area contributed by atoms with Gasteiger partial charge in [-0.25, -0.2) is 14.1 Å². The molecule has 26 heavy (non-hydrogen) atoms. The van der Waals surface area contributed by atoms with Crippen LogP contribution in [-0.4, -0.2) is 25.0 Å². The standard InChI is InChI=1S/C18H12ClFN2O4/c1-26-15-7-2-11(19)8-10(15)9-14-16(23)21-18(25)22(17(14)24)13-5-3-12(20)4-6-13/h2-9H,1H3,(H,21,23,25)/b14-9+. The number of ether oxygens (including phenoxy) is 1. The summed E-state index contributed by atoms with van der Waals surface area (Å²) >= 11 is 5.96. The van der Waals surface area contributed by atoms with Crippen molar-refractivity contribution in [2.75, 3.05) is 12.0 Å². The zero-order valence-corrected chi connectivity index (χ0v) is 14.2. The largest absolute Gasteiger partial charge is 0.496 e. The van der Waals surface area contributed by atoms with Crippen LogP contribution in [0, 0.1) is 5.82 Å². The molecule has 1 aliphatic heterocycles. The molecule has 1 N–H and O–H groups in total. The first kappa shape index (κ1) is 17.6. The van der Waals surface area contributed by atoms with Crippen molar-refractivity contribution in [2.45, 2.75) is 0 Å². The SMILES string of the molecule is COc1ccc(Cl)cc1/C=C1\C(=O)NC(=O)N(c2ccc(F)cc2)C1=O. The summed E-state index contributed by atoms with van der Waals surface area (Å²) in [6.45, 7) is 0. The number of carbonyl (C=O) groups is 3. The van der Waals surface area contributed by atoms with Gasteiger partial charge in [-0.05, 0) is 48.5 Å². The Labute approximate surface area is 152 Å². The molecule has 3 rings (SSSR count). The highest BCUT2D eigenvalue weighted by atomic mass is 35.5. The molecule has 0 saturated carbocycles. The van der Waals surface area contributed by atoms with Gasteiger partial charge < -0.3 is 4.74 Å². The van der Waals surface area contributed by atoms with Crippen LogP contribution >= 0.6 is 11.6 Å². The number of hydrogen-bond donors (Lipinski definition) is 1. The number of urea groups is 1. The van der Waals surface area contributed by atoms with Crippen LogP contribution in [0.5, 0.6) is 5.75 Å². The van der Waals surface area contributed by atoms with Crippen LogP contribution in [0.4, 0.5) is 14.9 Å². The molecule has 1 saturated heterocycles. The third kappa shape index (κ3) is 3.29. The van der Waals surface area contributed by atoms with Gasteiger partial charge in [0.2, 0.25) is 0 Å². The Hall–Kier alpha value is -3.19. The van der Waals surface area contributed by atoms with Gasteiger partial charge >= 0.3 is 6.03 Å². The van der Waals surface area contributed by atoms with E-state index in [9.17, 15) is 18.8 Å². The summed E-state index contributed by atoms with van der Waals surface area (Å²) in [5.41, 5.74) is 0.242. The highest BCUT2D eigenvalue weighted by Gasteiger charge is 2.37. The fourth-order valence-electron chi connectivity index (χ4n) is 2.46. The topological polar surface area (TPSA) is 75.7 Å². The van der Waals surface area contributed by atoms with E-state index in [4.69, 9.17) is 16.3 Å². The predicted molar refractivity (Wildman–Crippen MR) is 93.4 cm³/mol. The smallest absolute Gasteiger partial charge is 0.335 e. The number of methoxy groups -OCH3 is 1. The van der Waals surface area contributed by atoms with Crippen LogP contribution in [0.25, 0.3) is 6.08 Å². The van der Waals surface area contributed by atoms with E-state index in [1.807, 2.05) is 0 Å². The van der Waals surface area contributed by atoms with Gasteiger partial charge in [0.05, 0.1) is 12.8 Å². The summed E-state index contributed by atoms with van der Waals surface area (Å²) in [4.78, 5) is 37.7. The Kier molecular flexibility index (Phi) is 4.73. The molecule has 8 heteroatoms. The molecule has 4 amide bonds. The molecule has 0 unspecified atom stereocenters. The summed E-state index contributed by atoms with van der Waals surface area (Å²) in [6, 6.07) is 8.53. The fourth-order valence-corrected chi connectivity index (χ4v) is 2.64. The Morgan fingerprint density at radius 3 is 2.46 bits per heavy atom. The number of nitrogens with zero attached hydrogens (tertiary/aromatic N) is 1. The molecule has 0 atom stereocenters. The van der Waals surface area contributed by atoms with Crippen molar-refractivity contribution in [1.82, 2.24) is 5.32 Å². The van der Waals surface area contributed by atoms with Crippen LogP contribution in [0.15, 0.2) is 48.0 Å². The first-order valence-corrected chi connectivity index (χ1v) is 7.79. The molecule has 1 heterocycles. The second kappa shape index (κ2) is 6.97. The lowest BCUT2D eigenvalue weighted by molar-refractivity contribution is -0.122. The van der Waals surface area contributed by atoms with E-state index in [0.29, 0.717) is 16.3 Å². The third-order valence-electron chi connectivity index (χ3n) is 3.68. The zero-order chi connectivity index (χ0) is 18.8. The van der Waals surface area contributed by atoms with Crippen LogP contribution in [-0.2, 0) is 9.59 Å². The molecule has 2 aromatic rings. The summed E-state index contributed by atoms with van der Waals surface area (Å²) in [6.07, 6.45) is 1.28. The molecule has 2 aromatic carbocycles. The molecular formula is C18H12ClFN2O4. The van der Waals surface area contributed by atoms with E-state index in [1.165, 1.54) is 31.4 Å². The van der Waals surface area contributed by atoms with Crippen molar-refractivity contribution in [3.8, 4) is 5.75 Å². The number of nitrogens with one attached hydrogen (secondary N) is 1. The van der Waals surface area contributed by atoms with E-state index in [-0.39, 0.29) is 11.3 Å².